The number of methoxy groups -OCH3 is 1. The second-order valence-electron chi connectivity index (χ2n) is 4.14. The monoisotopic (exact) mass is 243 g/mol. The van der Waals surface area contributed by atoms with E-state index in [4.69, 9.17) is 4.74 Å². The van der Waals surface area contributed by atoms with E-state index in [1.807, 2.05) is 25.2 Å². The van der Waals surface area contributed by atoms with Gasteiger partial charge in [-0.05, 0) is 31.7 Å². The van der Waals surface area contributed by atoms with Gasteiger partial charge in [-0.15, -0.1) is 0 Å². The molecule has 0 spiro atoms. The molecule has 1 aromatic carbocycles. The molecule has 0 aliphatic carbocycles. The molecule has 0 bridgehead atoms. The molecule has 0 radical (unpaired) electrons. The number of benzene rings is 1. The molecule has 2 aromatic rings. The molecular weight excluding hydrogens is 226 g/mol. The standard InChI is InChI=1S/C14H17N3O/c1-10-4-5-13(18-3)12(8-10)14(15-2)11-6-7-16-17-9-11/h4-9,14-15H,1-3H3. The maximum Gasteiger partial charge on any atom is 0.124 e. The molecule has 1 unspecified atom stereocenters. The summed E-state index contributed by atoms with van der Waals surface area (Å²) in [7, 11) is 3.61. The Balaban J connectivity index is 2.48. The highest BCUT2D eigenvalue weighted by atomic mass is 16.5. The van der Waals surface area contributed by atoms with Gasteiger partial charge in [-0.25, -0.2) is 0 Å². The lowest BCUT2D eigenvalue weighted by Gasteiger charge is -2.19. The van der Waals surface area contributed by atoms with Crippen LogP contribution < -0.4 is 10.1 Å². The first-order valence-electron chi connectivity index (χ1n) is 5.84. The minimum Gasteiger partial charge on any atom is -0.496 e. The van der Waals surface area contributed by atoms with Crippen LogP contribution in [0.1, 0.15) is 22.7 Å². The van der Waals surface area contributed by atoms with Crippen molar-refractivity contribution in [2.75, 3.05) is 14.2 Å². The molecule has 94 valence electrons. The van der Waals surface area contributed by atoms with Gasteiger partial charge >= 0.3 is 0 Å². The van der Waals surface area contributed by atoms with Gasteiger partial charge in [-0.2, -0.15) is 10.2 Å². The zero-order chi connectivity index (χ0) is 13.0. The van der Waals surface area contributed by atoms with Crippen LogP contribution in [-0.2, 0) is 0 Å². The molecule has 2 rings (SSSR count). The molecule has 0 aliphatic heterocycles. The van der Waals surface area contributed by atoms with E-state index < -0.39 is 0 Å². The van der Waals surface area contributed by atoms with E-state index in [0.717, 1.165) is 16.9 Å². The van der Waals surface area contributed by atoms with Gasteiger partial charge in [0.05, 0.1) is 19.3 Å². The van der Waals surface area contributed by atoms with E-state index in [9.17, 15) is 0 Å². The van der Waals surface area contributed by atoms with E-state index in [1.165, 1.54) is 5.56 Å². The highest BCUT2D eigenvalue weighted by Crippen LogP contribution is 2.30. The van der Waals surface area contributed by atoms with Crippen molar-refractivity contribution in [3.63, 3.8) is 0 Å². The lowest BCUT2D eigenvalue weighted by Crippen LogP contribution is -2.18. The number of rotatable bonds is 4. The van der Waals surface area contributed by atoms with E-state index in [1.54, 1.807) is 19.5 Å². The van der Waals surface area contributed by atoms with E-state index >= 15 is 0 Å². The Labute approximate surface area is 107 Å². The summed E-state index contributed by atoms with van der Waals surface area (Å²) in [5.74, 6) is 0.872. The Bertz CT molecular complexity index is 514. The Kier molecular flexibility index (Phi) is 3.89. The molecule has 0 amide bonds. The predicted molar refractivity (Wildman–Crippen MR) is 70.7 cm³/mol. The number of ether oxygens (including phenoxy) is 1. The second-order valence-corrected chi connectivity index (χ2v) is 4.14. The number of nitrogens with one attached hydrogen (secondary N) is 1. The normalized spacial score (nSPS) is 12.2. The first-order chi connectivity index (χ1) is 8.76. The molecule has 4 heteroatoms. The van der Waals surface area contributed by atoms with Crippen LogP contribution in [0.3, 0.4) is 0 Å². The summed E-state index contributed by atoms with van der Waals surface area (Å²) in [5.41, 5.74) is 3.37. The molecule has 1 N–H and O–H groups in total. The highest BCUT2D eigenvalue weighted by molar-refractivity contribution is 5.43. The number of aromatic nitrogens is 2. The summed E-state index contributed by atoms with van der Waals surface area (Å²) in [6.07, 6.45) is 3.46. The zero-order valence-electron chi connectivity index (χ0n) is 10.8. The maximum absolute atomic E-state index is 5.43. The fourth-order valence-corrected chi connectivity index (χ4v) is 2.05. The molecule has 4 nitrogen and oxygen atoms in total. The lowest BCUT2D eigenvalue weighted by atomic mass is 9.98. The van der Waals surface area contributed by atoms with E-state index in [-0.39, 0.29) is 6.04 Å². The lowest BCUT2D eigenvalue weighted by molar-refractivity contribution is 0.405. The molecule has 0 saturated carbocycles. The van der Waals surface area contributed by atoms with Crippen molar-refractivity contribution in [3.05, 3.63) is 53.3 Å². The highest BCUT2D eigenvalue weighted by Gasteiger charge is 2.16. The van der Waals surface area contributed by atoms with Crippen LogP contribution in [0.4, 0.5) is 0 Å². The zero-order valence-corrected chi connectivity index (χ0v) is 10.8. The summed E-state index contributed by atoms with van der Waals surface area (Å²) in [6.45, 7) is 2.07. The predicted octanol–water partition coefficient (Wildman–Crippen LogP) is 2.10. The number of hydrogen-bond donors (Lipinski definition) is 1. The van der Waals surface area contributed by atoms with Crippen molar-refractivity contribution in [1.29, 1.82) is 0 Å². The Hall–Kier alpha value is -1.94. The second kappa shape index (κ2) is 5.60. The Morgan fingerprint density at radius 3 is 2.67 bits per heavy atom. The summed E-state index contributed by atoms with van der Waals surface area (Å²) in [6, 6.07) is 8.16. The summed E-state index contributed by atoms with van der Waals surface area (Å²) >= 11 is 0. The average Bonchev–Trinajstić information content (AvgIpc) is 2.41. The van der Waals surface area contributed by atoms with E-state index in [2.05, 4.69) is 28.5 Å². The molecule has 0 saturated heterocycles. The van der Waals surface area contributed by atoms with Gasteiger partial charge in [-0.1, -0.05) is 17.7 Å². The average molecular weight is 243 g/mol. The first-order valence-corrected chi connectivity index (χ1v) is 5.84. The van der Waals surface area contributed by atoms with Crippen molar-refractivity contribution >= 4 is 0 Å². The number of aryl methyl sites for hydroxylation is 1. The Morgan fingerprint density at radius 2 is 2.06 bits per heavy atom. The van der Waals surface area contributed by atoms with Crippen molar-refractivity contribution < 1.29 is 4.74 Å². The van der Waals surface area contributed by atoms with Gasteiger partial charge in [0.15, 0.2) is 0 Å². The van der Waals surface area contributed by atoms with Crippen LogP contribution in [0.15, 0.2) is 36.7 Å². The number of hydrogen-bond acceptors (Lipinski definition) is 4. The summed E-state index contributed by atoms with van der Waals surface area (Å²) < 4.78 is 5.43. The smallest absolute Gasteiger partial charge is 0.124 e. The Morgan fingerprint density at radius 1 is 1.22 bits per heavy atom. The summed E-state index contributed by atoms with van der Waals surface area (Å²) in [5, 5.41) is 11.0. The fraction of sp³-hybridized carbons (Fsp3) is 0.286. The van der Waals surface area contributed by atoms with Crippen molar-refractivity contribution in [2.24, 2.45) is 0 Å². The van der Waals surface area contributed by atoms with Crippen LogP contribution in [-0.4, -0.2) is 24.4 Å². The third kappa shape index (κ3) is 2.49. The van der Waals surface area contributed by atoms with E-state index in [0.29, 0.717) is 0 Å². The minimum absolute atomic E-state index is 0.0512. The third-order valence-corrected chi connectivity index (χ3v) is 2.93. The van der Waals surface area contributed by atoms with Crippen LogP contribution >= 0.6 is 0 Å². The van der Waals surface area contributed by atoms with Gasteiger partial charge in [-0.3, -0.25) is 0 Å². The number of nitrogens with zero attached hydrogens (tertiary/aromatic N) is 2. The van der Waals surface area contributed by atoms with Crippen molar-refractivity contribution in [3.8, 4) is 5.75 Å². The fourth-order valence-electron chi connectivity index (χ4n) is 2.05. The van der Waals surface area contributed by atoms with Gasteiger partial charge < -0.3 is 10.1 Å². The molecule has 0 fully saturated rings. The van der Waals surface area contributed by atoms with Crippen LogP contribution in [0.25, 0.3) is 0 Å². The largest absolute Gasteiger partial charge is 0.496 e. The minimum atomic E-state index is 0.0512. The van der Waals surface area contributed by atoms with Gasteiger partial charge in [0.2, 0.25) is 0 Å². The molecule has 1 atom stereocenters. The molecule has 1 aromatic heterocycles. The third-order valence-electron chi connectivity index (χ3n) is 2.93. The molecular formula is C14H17N3O. The first kappa shape index (κ1) is 12.5. The van der Waals surface area contributed by atoms with Crippen LogP contribution in [0, 0.1) is 6.92 Å². The van der Waals surface area contributed by atoms with Crippen LogP contribution in [0.5, 0.6) is 5.75 Å². The SMILES string of the molecule is CNC(c1ccnnc1)c1cc(C)ccc1OC. The van der Waals surface area contributed by atoms with Gasteiger partial charge in [0.25, 0.3) is 0 Å². The maximum atomic E-state index is 5.43. The van der Waals surface area contributed by atoms with Crippen molar-refractivity contribution in [2.45, 2.75) is 13.0 Å². The summed E-state index contributed by atoms with van der Waals surface area (Å²) in [4.78, 5) is 0. The van der Waals surface area contributed by atoms with Crippen molar-refractivity contribution in [1.82, 2.24) is 15.5 Å². The topological polar surface area (TPSA) is 47.0 Å². The quantitative estimate of drug-likeness (QED) is 0.893. The molecule has 0 aliphatic rings. The molecule has 18 heavy (non-hydrogen) atoms. The van der Waals surface area contributed by atoms with Gasteiger partial charge in [0.1, 0.15) is 5.75 Å². The molecule has 1 heterocycles. The van der Waals surface area contributed by atoms with Crippen LogP contribution in [0.2, 0.25) is 0 Å². The van der Waals surface area contributed by atoms with Gasteiger partial charge in [0, 0.05) is 11.8 Å².